The van der Waals surface area contributed by atoms with Crippen molar-refractivity contribution in [3.63, 3.8) is 0 Å². The Labute approximate surface area is 128 Å². The van der Waals surface area contributed by atoms with E-state index in [1.54, 1.807) is 24.3 Å². The smallest absolute Gasteiger partial charge is 0.145 e. The van der Waals surface area contributed by atoms with Crippen LogP contribution < -0.4 is 0 Å². The predicted octanol–water partition coefficient (Wildman–Crippen LogP) is 4.31. The second-order valence-corrected chi connectivity index (χ2v) is 6.22. The van der Waals surface area contributed by atoms with Crippen molar-refractivity contribution < 1.29 is 8.60 Å². The van der Waals surface area contributed by atoms with Crippen molar-refractivity contribution in [2.75, 3.05) is 0 Å². The van der Waals surface area contributed by atoms with E-state index in [-0.39, 0.29) is 16.9 Å². The van der Waals surface area contributed by atoms with Gasteiger partial charge in [0, 0.05) is 10.5 Å². The van der Waals surface area contributed by atoms with Crippen LogP contribution in [0.1, 0.15) is 11.1 Å². The third kappa shape index (κ3) is 3.18. The maximum atomic E-state index is 13.9. The average molecular weight is 328 g/mol. The molecule has 0 aliphatic heterocycles. The highest BCUT2D eigenvalue weighted by Gasteiger charge is 2.13. The lowest BCUT2D eigenvalue weighted by molar-refractivity contribution is 0.611. The summed E-state index contributed by atoms with van der Waals surface area (Å²) in [6, 6.07) is 10.8. The molecule has 2 nitrogen and oxygen atoms in total. The number of rotatable bonds is 3. The summed E-state index contributed by atoms with van der Waals surface area (Å²) in [5, 5.41) is 9.42. The van der Waals surface area contributed by atoms with Crippen LogP contribution >= 0.6 is 23.2 Å². The number of nitrogens with zero attached hydrogens (tertiary/aromatic N) is 1. The maximum absolute atomic E-state index is 13.9. The second kappa shape index (κ2) is 6.36. The summed E-state index contributed by atoms with van der Waals surface area (Å²) in [7, 11) is -1.47. The molecule has 0 bridgehead atoms. The van der Waals surface area contributed by atoms with E-state index in [1.165, 1.54) is 18.2 Å². The predicted molar refractivity (Wildman–Crippen MR) is 77.7 cm³/mol. The number of halogens is 3. The first-order valence-electron chi connectivity index (χ1n) is 5.54. The molecule has 1 atom stereocenters. The lowest BCUT2D eigenvalue weighted by Crippen LogP contribution is -2.00. The second-order valence-electron chi connectivity index (χ2n) is 3.96. The van der Waals surface area contributed by atoms with Crippen molar-refractivity contribution in [2.24, 2.45) is 0 Å². The summed E-state index contributed by atoms with van der Waals surface area (Å²) in [5.74, 6) is -0.664. The van der Waals surface area contributed by atoms with Gasteiger partial charge in [0.1, 0.15) is 11.9 Å². The van der Waals surface area contributed by atoms with Gasteiger partial charge in [0.2, 0.25) is 0 Å². The largest absolute Gasteiger partial charge is 0.254 e. The third-order valence-corrected chi connectivity index (χ3v) is 4.73. The Bertz CT molecular complexity index is 728. The zero-order chi connectivity index (χ0) is 14.7. The van der Waals surface area contributed by atoms with Gasteiger partial charge in [-0.25, -0.2) is 4.39 Å². The van der Waals surface area contributed by atoms with E-state index in [0.717, 1.165) is 0 Å². The van der Waals surface area contributed by atoms with Crippen molar-refractivity contribution in [3.8, 4) is 6.07 Å². The van der Waals surface area contributed by atoms with Crippen molar-refractivity contribution in [1.29, 1.82) is 5.26 Å². The Morgan fingerprint density at radius 1 is 1.20 bits per heavy atom. The van der Waals surface area contributed by atoms with Crippen LogP contribution in [0.4, 0.5) is 4.39 Å². The molecular weight excluding hydrogens is 320 g/mol. The minimum atomic E-state index is -1.47. The molecule has 0 aliphatic rings. The summed E-state index contributed by atoms with van der Waals surface area (Å²) in [4.78, 5) is 0.459. The van der Waals surface area contributed by atoms with Gasteiger partial charge >= 0.3 is 0 Å². The summed E-state index contributed by atoms with van der Waals surface area (Å²) >= 11 is 11.6. The highest BCUT2D eigenvalue weighted by Crippen LogP contribution is 2.25. The van der Waals surface area contributed by atoms with Crippen molar-refractivity contribution in [2.45, 2.75) is 10.6 Å². The SMILES string of the molecule is N#Cc1cccc(CS(=O)c2ccc(Cl)c(Cl)c2)c1F. The molecule has 2 aromatic carbocycles. The van der Waals surface area contributed by atoms with Crippen molar-refractivity contribution >= 4 is 34.0 Å². The van der Waals surface area contributed by atoms with Gasteiger partial charge in [0.05, 0.1) is 32.2 Å². The van der Waals surface area contributed by atoms with E-state index >= 15 is 0 Å². The monoisotopic (exact) mass is 327 g/mol. The van der Waals surface area contributed by atoms with Crippen molar-refractivity contribution in [1.82, 2.24) is 0 Å². The molecule has 0 heterocycles. The highest BCUT2D eigenvalue weighted by molar-refractivity contribution is 7.84. The first-order valence-corrected chi connectivity index (χ1v) is 7.61. The van der Waals surface area contributed by atoms with Gasteiger partial charge in [-0.15, -0.1) is 0 Å². The molecule has 0 spiro atoms. The molecule has 0 amide bonds. The number of benzene rings is 2. The first-order chi connectivity index (χ1) is 9.52. The molecule has 0 aliphatic carbocycles. The normalized spacial score (nSPS) is 11.9. The number of nitriles is 1. The molecule has 6 heteroatoms. The molecule has 1 unspecified atom stereocenters. The van der Waals surface area contributed by atoms with E-state index in [1.807, 2.05) is 0 Å². The molecule has 102 valence electrons. The minimum Gasteiger partial charge on any atom is -0.254 e. The molecule has 2 rings (SSSR count). The Balaban J connectivity index is 2.28. The van der Waals surface area contributed by atoms with E-state index < -0.39 is 16.6 Å². The standard InChI is InChI=1S/C14H8Cl2FNOS/c15-12-5-4-11(6-13(12)16)20(19)8-10-3-1-2-9(7-18)14(10)17/h1-6H,8H2. The summed E-state index contributed by atoms with van der Waals surface area (Å²) in [5.41, 5.74) is 0.169. The van der Waals surface area contributed by atoms with E-state index in [4.69, 9.17) is 28.5 Å². The molecule has 0 saturated heterocycles. The molecule has 0 radical (unpaired) electrons. The first kappa shape index (κ1) is 15.0. The highest BCUT2D eigenvalue weighted by atomic mass is 35.5. The van der Waals surface area contributed by atoms with E-state index in [2.05, 4.69) is 0 Å². The van der Waals surface area contributed by atoms with Crippen LogP contribution in [0.2, 0.25) is 10.0 Å². The van der Waals surface area contributed by atoms with Crippen LogP contribution in [-0.4, -0.2) is 4.21 Å². The Hall–Kier alpha value is -1.41. The third-order valence-electron chi connectivity index (χ3n) is 2.64. The summed E-state index contributed by atoms with van der Waals surface area (Å²) in [6.45, 7) is 0. The topological polar surface area (TPSA) is 40.9 Å². The van der Waals surface area contributed by atoms with Crippen LogP contribution in [-0.2, 0) is 16.6 Å². The van der Waals surface area contributed by atoms with Crippen LogP contribution in [0, 0.1) is 17.1 Å². The zero-order valence-corrected chi connectivity index (χ0v) is 12.4. The van der Waals surface area contributed by atoms with Crippen LogP contribution in [0.25, 0.3) is 0 Å². The van der Waals surface area contributed by atoms with Gasteiger partial charge < -0.3 is 0 Å². The van der Waals surface area contributed by atoms with Gasteiger partial charge in [-0.3, -0.25) is 4.21 Å². The lowest BCUT2D eigenvalue weighted by Gasteiger charge is -2.06. The summed E-state index contributed by atoms with van der Waals surface area (Å²) in [6.07, 6.45) is 0. The van der Waals surface area contributed by atoms with Crippen LogP contribution in [0.15, 0.2) is 41.3 Å². The van der Waals surface area contributed by atoms with E-state index in [0.29, 0.717) is 14.9 Å². The fraction of sp³-hybridized carbons (Fsp3) is 0.0714. The van der Waals surface area contributed by atoms with Crippen molar-refractivity contribution in [3.05, 3.63) is 63.4 Å². The van der Waals surface area contributed by atoms with Crippen LogP contribution in [0.5, 0.6) is 0 Å². The number of hydrogen-bond donors (Lipinski definition) is 0. The van der Waals surface area contributed by atoms with Gasteiger partial charge in [-0.05, 0) is 24.3 Å². The quantitative estimate of drug-likeness (QED) is 0.842. The van der Waals surface area contributed by atoms with Gasteiger partial charge in [-0.1, -0.05) is 35.3 Å². The lowest BCUT2D eigenvalue weighted by atomic mass is 10.1. The Kier molecular flexibility index (Phi) is 4.77. The fourth-order valence-corrected chi connectivity index (χ4v) is 3.12. The van der Waals surface area contributed by atoms with Gasteiger partial charge in [-0.2, -0.15) is 5.26 Å². The zero-order valence-electron chi connectivity index (χ0n) is 10.1. The van der Waals surface area contributed by atoms with Gasteiger partial charge in [0.15, 0.2) is 0 Å². The molecule has 0 saturated carbocycles. The van der Waals surface area contributed by atoms with Gasteiger partial charge in [0.25, 0.3) is 0 Å². The molecule has 0 fully saturated rings. The minimum absolute atomic E-state index is 0.0285. The summed E-state index contributed by atoms with van der Waals surface area (Å²) < 4.78 is 26.1. The molecule has 0 aromatic heterocycles. The Morgan fingerprint density at radius 2 is 1.95 bits per heavy atom. The average Bonchev–Trinajstić information content (AvgIpc) is 2.44. The van der Waals surface area contributed by atoms with Crippen LogP contribution in [0.3, 0.4) is 0 Å². The number of hydrogen-bond acceptors (Lipinski definition) is 2. The molecule has 0 N–H and O–H groups in total. The van der Waals surface area contributed by atoms with E-state index in [9.17, 15) is 8.60 Å². The molecule has 2 aromatic rings. The maximum Gasteiger partial charge on any atom is 0.145 e. The fourth-order valence-electron chi connectivity index (χ4n) is 1.62. The molecular formula is C14H8Cl2FNOS. The Morgan fingerprint density at radius 3 is 2.60 bits per heavy atom. The molecule has 20 heavy (non-hydrogen) atoms.